The van der Waals surface area contributed by atoms with E-state index in [0.29, 0.717) is 12.1 Å². The number of pyridine rings is 1. The molecule has 4 heteroatoms. The van der Waals surface area contributed by atoms with Gasteiger partial charge in [0.1, 0.15) is 23.6 Å². The van der Waals surface area contributed by atoms with E-state index in [1.807, 2.05) is 84.9 Å². The van der Waals surface area contributed by atoms with Crippen molar-refractivity contribution in [3.63, 3.8) is 0 Å². The Hall–Kier alpha value is -3.11. The highest BCUT2D eigenvalue weighted by atomic mass is 79.9. The Morgan fingerprint density at radius 2 is 1.75 bits per heavy atom. The molecule has 0 aliphatic heterocycles. The molecule has 0 amide bonds. The zero-order valence-corrected chi connectivity index (χ0v) is 16.6. The van der Waals surface area contributed by atoms with E-state index in [1.165, 1.54) is 0 Å². The Labute approximate surface area is 172 Å². The fourth-order valence-electron chi connectivity index (χ4n) is 2.89. The molecule has 4 rings (SSSR count). The third-order valence-corrected chi connectivity index (χ3v) is 4.98. The van der Waals surface area contributed by atoms with Crippen LogP contribution < -0.4 is 4.74 Å². The van der Waals surface area contributed by atoms with Crippen molar-refractivity contribution < 1.29 is 9.84 Å². The lowest BCUT2D eigenvalue weighted by atomic mass is 10.1. The first-order chi connectivity index (χ1) is 13.7. The molecule has 3 aromatic carbocycles. The van der Waals surface area contributed by atoms with E-state index in [2.05, 4.69) is 20.9 Å². The highest BCUT2D eigenvalue weighted by Crippen LogP contribution is 2.28. The Morgan fingerprint density at radius 1 is 0.893 bits per heavy atom. The maximum Gasteiger partial charge on any atom is 0.141 e. The number of aromatic hydroxyl groups is 1. The smallest absolute Gasteiger partial charge is 0.141 e. The number of fused-ring (bicyclic) bond motifs is 1. The molecule has 0 saturated carbocycles. The number of rotatable bonds is 5. The van der Waals surface area contributed by atoms with E-state index in [0.717, 1.165) is 32.4 Å². The predicted molar refractivity (Wildman–Crippen MR) is 117 cm³/mol. The molecular weight excluding hydrogens is 414 g/mol. The van der Waals surface area contributed by atoms with Crippen molar-refractivity contribution in [2.75, 3.05) is 0 Å². The molecule has 1 aromatic heterocycles. The van der Waals surface area contributed by atoms with Gasteiger partial charge < -0.3 is 9.84 Å². The summed E-state index contributed by atoms with van der Waals surface area (Å²) in [4.78, 5) is 4.52. The Balaban J connectivity index is 1.49. The summed E-state index contributed by atoms with van der Waals surface area (Å²) in [5, 5.41) is 10.9. The summed E-state index contributed by atoms with van der Waals surface area (Å²) in [5.74, 6) is 0.991. The second kappa shape index (κ2) is 8.28. The van der Waals surface area contributed by atoms with Gasteiger partial charge >= 0.3 is 0 Å². The van der Waals surface area contributed by atoms with Crippen LogP contribution in [0, 0.1) is 0 Å². The van der Waals surface area contributed by atoms with E-state index < -0.39 is 0 Å². The first kappa shape index (κ1) is 18.3. The topological polar surface area (TPSA) is 42.4 Å². The number of hydrogen-bond acceptors (Lipinski definition) is 3. The second-order valence-corrected chi connectivity index (χ2v) is 7.24. The summed E-state index contributed by atoms with van der Waals surface area (Å²) in [6.45, 7) is 0.527. The Kier molecular flexibility index (Phi) is 5.40. The SMILES string of the molecule is Oc1cccc2ccc(C=Cc3ccc(OCc4ccccc4)c(Br)c3)nc12. The maximum absolute atomic E-state index is 9.97. The summed E-state index contributed by atoms with van der Waals surface area (Å²) in [6, 6.07) is 25.3. The van der Waals surface area contributed by atoms with E-state index in [4.69, 9.17) is 4.74 Å². The minimum atomic E-state index is 0.190. The van der Waals surface area contributed by atoms with E-state index in [-0.39, 0.29) is 5.75 Å². The molecule has 0 atom stereocenters. The van der Waals surface area contributed by atoms with Crippen molar-refractivity contribution in [3.8, 4) is 11.5 Å². The summed E-state index contributed by atoms with van der Waals surface area (Å²) in [7, 11) is 0. The van der Waals surface area contributed by atoms with Gasteiger partial charge in [-0.05, 0) is 57.4 Å². The van der Waals surface area contributed by atoms with Crippen LogP contribution in [-0.4, -0.2) is 10.1 Å². The Bertz CT molecular complexity index is 1140. The number of hydrogen-bond donors (Lipinski definition) is 1. The first-order valence-electron chi connectivity index (χ1n) is 8.92. The zero-order chi connectivity index (χ0) is 19.3. The molecule has 28 heavy (non-hydrogen) atoms. The van der Waals surface area contributed by atoms with Gasteiger partial charge in [0, 0.05) is 5.39 Å². The molecular formula is C24H18BrNO2. The van der Waals surface area contributed by atoms with Crippen LogP contribution in [0.4, 0.5) is 0 Å². The molecule has 3 nitrogen and oxygen atoms in total. The molecule has 0 spiro atoms. The molecule has 1 N–H and O–H groups in total. The van der Waals surface area contributed by atoms with Crippen molar-refractivity contribution in [3.05, 3.63) is 100 Å². The van der Waals surface area contributed by atoms with Gasteiger partial charge in [-0.2, -0.15) is 0 Å². The molecule has 0 saturated heterocycles. The molecule has 0 bridgehead atoms. The lowest BCUT2D eigenvalue weighted by molar-refractivity contribution is 0.304. The quantitative estimate of drug-likeness (QED) is 0.394. The Morgan fingerprint density at radius 3 is 2.57 bits per heavy atom. The van der Waals surface area contributed by atoms with Crippen LogP contribution in [0.1, 0.15) is 16.8 Å². The summed E-state index contributed by atoms with van der Waals surface area (Å²) in [5.41, 5.74) is 3.55. The van der Waals surface area contributed by atoms with Crippen LogP contribution in [0.25, 0.3) is 23.1 Å². The third-order valence-electron chi connectivity index (χ3n) is 4.36. The number of para-hydroxylation sites is 1. The van der Waals surface area contributed by atoms with Crippen molar-refractivity contribution >= 4 is 39.0 Å². The number of ether oxygens (including phenoxy) is 1. The fourth-order valence-corrected chi connectivity index (χ4v) is 3.41. The van der Waals surface area contributed by atoms with Gasteiger partial charge in [0.15, 0.2) is 0 Å². The zero-order valence-electron chi connectivity index (χ0n) is 15.0. The van der Waals surface area contributed by atoms with Gasteiger partial charge in [-0.1, -0.05) is 60.7 Å². The molecule has 4 aromatic rings. The lowest BCUT2D eigenvalue weighted by Gasteiger charge is -2.09. The molecule has 0 unspecified atom stereocenters. The van der Waals surface area contributed by atoms with Crippen molar-refractivity contribution in [2.24, 2.45) is 0 Å². The molecule has 0 aliphatic carbocycles. The number of phenols is 1. The van der Waals surface area contributed by atoms with E-state index in [1.54, 1.807) is 6.07 Å². The molecule has 0 radical (unpaired) electrons. The monoisotopic (exact) mass is 431 g/mol. The minimum absolute atomic E-state index is 0.190. The lowest BCUT2D eigenvalue weighted by Crippen LogP contribution is -1.95. The number of phenolic OH excluding ortho intramolecular Hbond substituents is 1. The first-order valence-corrected chi connectivity index (χ1v) is 9.71. The second-order valence-electron chi connectivity index (χ2n) is 6.38. The molecule has 1 heterocycles. The summed E-state index contributed by atoms with van der Waals surface area (Å²) < 4.78 is 6.79. The van der Waals surface area contributed by atoms with Gasteiger partial charge in [-0.3, -0.25) is 0 Å². The summed E-state index contributed by atoms with van der Waals surface area (Å²) in [6.07, 6.45) is 3.91. The van der Waals surface area contributed by atoms with Crippen LogP contribution >= 0.6 is 15.9 Å². The number of nitrogens with zero attached hydrogens (tertiary/aromatic N) is 1. The van der Waals surface area contributed by atoms with Crippen LogP contribution in [0.15, 0.2) is 83.3 Å². The van der Waals surface area contributed by atoms with Gasteiger partial charge in [0.05, 0.1) is 10.2 Å². The van der Waals surface area contributed by atoms with Crippen molar-refractivity contribution in [1.29, 1.82) is 0 Å². The van der Waals surface area contributed by atoms with Crippen molar-refractivity contribution in [1.82, 2.24) is 4.98 Å². The normalized spacial score (nSPS) is 11.2. The average molecular weight is 432 g/mol. The van der Waals surface area contributed by atoms with Crippen LogP contribution in [-0.2, 0) is 6.61 Å². The summed E-state index contributed by atoms with van der Waals surface area (Å²) >= 11 is 3.58. The van der Waals surface area contributed by atoms with Gasteiger partial charge in [-0.15, -0.1) is 0 Å². The molecule has 138 valence electrons. The highest BCUT2D eigenvalue weighted by molar-refractivity contribution is 9.10. The van der Waals surface area contributed by atoms with E-state index >= 15 is 0 Å². The van der Waals surface area contributed by atoms with Gasteiger partial charge in [-0.25, -0.2) is 4.98 Å². The fraction of sp³-hybridized carbons (Fsp3) is 0.0417. The van der Waals surface area contributed by atoms with Crippen LogP contribution in [0.3, 0.4) is 0 Å². The highest BCUT2D eigenvalue weighted by Gasteiger charge is 2.03. The minimum Gasteiger partial charge on any atom is -0.506 e. The standard InChI is InChI=1S/C24H18BrNO2/c25-21-15-17(10-14-23(21)28-16-18-5-2-1-3-6-18)9-12-20-13-11-19-7-4-8-22(27)24(19)26-20/h1-15,27H,16H2. The van der Waals surface area contributed by atoms with E-state index in [9.17, 15) is 5.11 Å². The van der Waals surface area contributed by atoms with Crippen LogP contribution in [0.5, 0.6) is 11.5 Å². The van der Waals surface area contributed by atoms with Gasteiger partial charge in [0.25, 0.3) is 0 Å². The predicted octanol–water partition coefficient (Wildman–Crippen LogP) is 6.45. The molecule has 0 aliphatic rings. The number of halogens is 1. The van der Waals surface area contributed by atoms with Crippen LogP contribution in [0.2, 0.25) is 0 Å². The number of aromatic nitrogens is 1. The average Bonchev–Trinajstić information content (AvgIpc) is 2.73. The number of benzene rings is 3. The maximum atomic E-state index is 9.97. The molecule has 0 fully saturated rings. The third kappa shape index (κ3) is 4.24. The largest absolute Gasteiger partial charge is 0.506 e. The van der Waals surface area contributed by atoms with Gasteiger partial charge in [0.2, 0.25) is 0 Å². The van der Waals surface area contributed by atoms with Crippen molar-refractivity contribution in [2.45, 2.75) is 6.61 Å².